The van der Waals surface area contributed by atoms with Crippen LogP contribution in [0.1, 0.15) is 32.8 Å². The fourth-order valence-corrected chi connectivity index (χ4v) is 2.39. The van der Waals surface area contributed by atoms with Crippen molar-refractivity contribution in [1.29, 1.82) is 0 Å². The summed E-state index contributed by atoms with van der Waals surface area (Å²) in [5.41, 5.74) is 0.494. The van der Waals surface area contributed by atoms with Crippen molar-refractivity contribution < 1.29 is 19.1 Å². The maximum Gasteiger partial charge on any atom is 0.410 e. The quantitative estimate of drug-likeness (QED) is 0.803. The number of carbonyl (C=O) groups is 2. The van der Waals surface area contributed by atoms with Crippen LogP contribution in [-0.4, -0.2) is 41.6 Å². The summed E-state index contributed by atoms with van der Waals surface area (Å²) in [4.78, 5) is 24.8. The van der Waals surface area contributed by atoms with Crippen LogP contribution < -0.4 is 0 Å². The molecule has 0 N–H and O–H groups in total. The van der Waals surface area contributed by atoms with E-state index in [0.717, 1.165) is 11.8 Å². The molecule has 1 aromatic rings. The molecule has 1 aliphatic heterocycles. The maximum absolute atomic E-state index is 12.1. The number of nitrogens with zero attached hydrogens (tertiary/aromatic N) is 1. The van der Waals surface area contributed by atoms with Crippen LogP contribution in [0.15, 0.2) is 30.3 Å². The molecule has 1 saturated heterocycles. The molecule has 1 amide bonds. The van der Waals surface area contributed by atoms with Crippen molar-refractivity contribution in [2.24, 2.45) is 0 Å². The zero-order valence-corrected chi connectivity index (χ0v) is 13.3. The van der Waals surface area contributed by atoms with Crippen molar-refractivity contribution >= 4 is 12.4 Å². The van der Waals surface area contributed by atoms with E-state index in [1.54, 1.807) is 20.8 Å². The molecule has 0 radical (unpaired) electrons. The molecule has 1 aliphatic rings. The van der Waals surface area contributed by atoms with E-state index in [4.69, 9.17) is 9.47 Å². The molecule has 5 heteroatoms. The van der Waals surface area contributed by atoms with E-state index < -0.39 is 17.7 Å². The summed E-state index contributed by atoms with van der Waals surface area (Å²) >= 11 is 0. The molecule has 1 fully saturated rings. The summed E-state index contributed by atoms with van der Waals surface area (Å²) in [7, 11) is 0. The van der Waals surface area contributed by atoms with Gasteiger partial charge in [0.25, 0.3) is 0 Å². The normalized spacial score (nSPS) is 21.7. The largest absolute Gasteiger partial charge is 0.444 e. The van der Waals surface area contributed by atoms with Gasteiger partial charge in [-0.3, -0.25) is 4.90 Å². The molecule has 0 saturated carbocycles. The van der Waals surface area contributed by atoms with Crippen LogP contribution in [0, 0.1) is 0 Å². The molecular formula is C17H23NO4. The highest BCUT2D eigenvalue weighted by atomic mass is 16.6. The minimum absolute atomic E-state index is 0.150. The number of aldehydes is 1. The number of carbonyl (C=O) groups excluding carboxylic acids is 2. The number of amides is 1. The molecule has 0 bridgehead atoms. The number of hydrogen-bond acceptors (Lipinski definition) is 4. The van der Waals surface area contributed by atoms with Gasteiger partial charge < -0.3 is 14.3 Å². The van der Waals surface area contributed by atoms with Gasteiger partial charge in [-0.15, -0.1) is 0 Å². The SMILES string of the molecule is CC(C)(C)OC(=O)N1C[C@H](OCc2ccccc2)C[C@H]1C=O. The summed E-state index contributed by atoms with van der Waals surface area (Å²) in [6, 6.07) is 9.35. The molecule has 2 rings (SSSR count). The summed E-state index contributed by atoms with van der Waals surface area (Å²) in [5.74, 6) is 0. The molecule has 1 aromatic carbocycles. The number of likely N-dealkylation sites (tertiary alicyclic amines) is 1. The predicted octanol–water partition coefficient (Wildman–Crippen LogP) is 2.78. The van der Waals surface area contributed by atoms with E-state index in [0.29, 0.717) is 19.6 Å². The Hall–Kier alpha value is -1.88. The number of rotatable bonds is 4. The first kappa shape index (κ1) is 16.5. The second-order valence-electron chi connectivity index (χ2n) is 6.49. The van der Waals surface area contributed by atoms with E-state index in [1.807, 2.05) is 30.3 Å². The van der Waals surface area contributed by atoms with Gasteiger partial charge in [-0.25, -0.2) is 4.79 Å². The van der Waals surface area contributed by atoms with Crippen molar-refractivity contribution in [1.82, 2.24) is 4.90 Å². The maximum atomic E-state index is 12.1. The fraction of sp³-hybridized carbons (Fsp3) is 0.529. The zero-order valence-electron chi connectivity index (χ0n) is 13.3. The Labute approximate surface area is 131 Å². The van der Waals surface area contributed by atoms with Gasteiger partial charge >= 0.3 is 6.09 Å². The number of ether oxygens (including phenoxy) is 2. The second-order valence-corrected chi connectivity index (χ2v) is 6.49. The third-order valence-electron chi connectivity index (χ3n) is 3.42. The lowest BCUT2D eigenvalue weighted by Gasteiger charge is -2.26. The van der Waals surface area contributed by atoms with Gasteiger partial charge in [-0.05, 0) is 26.3 Å². The van der Waals surface area contributed by atoms with Crippen molar-refractivity contribution in [3.8, 4) is 0 Å². The monoisotopic (exact) mass is 305 g/mol. The first-order valence-electron chi connectivity index (χ1n) is 7.49. The van der Waals surface area contributed by atoms with Crippen LogP contribution in [0.5, 0.6) is 0 Å². The van der Waals surface area contributed by atoms with E-state index in [9.17, 15) is 9.59 Å². The van der Waals surface area contributed by atoms with Crippen molar-refractivity contribution in [2.75, 3.05) is 6.54 Å². The number of benzene rings is 1. The molecular weight excluding hydrogens is 282 g/mol. The summed E-state index contributed by atoms with van der Waals surface area (Å²) < 4.78 is 11.2. The lowest BCUT2D eigenvalue weighted by molar-refractivity contribution is -0.111. The Bertz CT molecular complexity index is 509. The molecule has 5 nitrogen and oxygen atoms in total. The van der Waals surface area contributed by atoms with E-state index >= 15 is 0 Å². The lowest BCUT2D eigenvalue weighted by Crippen LogP contribution is -2.40. The molecule has 0 aliphatic carbocycles. The average Bonchev–Trinajstić information content (AvgIpc) is 2.88. The van der Waals surface area contributed by atoms with Crippen molar-refractivity contribution in [3.05, 3.63) is 35.9 Å². The average molecular weight is 305 g/mol. The standard InChI is InChI=1S/C17H23NO4/c1-17(2,3)22-16(20)18-10-15(9-14(18)11-19)21-12-13-7-5-4-6-8-13/h4-8,11,14-15H,9-10,12H2,1-3H3/t14-,15+/m0/s1. The van der Waals surface area contributed by atoms with Gasteiger partial charge in [0.05, 0.1) is 25.3 Å². The van der Waals surface area contributed by atoms with Gasteiger partial charge in [0.1, 0.15) is 11.9 Å². The third kappa shape index (κ3) is 4.56. The zero-order chi connectivity index (χ0) is 16.2. The van der Waals surface area contributed by atoms with Crippen molar-refractivity contribution in [3.63, 3.8) is 0 Å². The predicted molar refractivity (Wildman–Crippen MR) is 82.4 cm³/mol. The van der Waals surface area contributed by atoms with Crippen molar-refractivity contribution in [2.45, 2.75) is 51.5 Å². The van der Waals surface area contributed by atoms with Crippen LogP contribution in [0.25, 0.3) is 0 Å². The van der Waals surface area contributed by atoms with Gasteiger partial charge in [0.15, 0.2) is 0 Å². The summed E-state index contributed by atoms with van der Waals surface area (Å²) in [6.45, 7) is 6.27. The van der Waals surface area contributed by atoms with E-state index in [-0.39, 0.29) is 6.10 Å². The van der Waals surface area contributed by atoms with E-state index in [1.165, 1.54) is 4.90 Å². The van der Waals surface area contributed by atoms with Crippen LogP contribution in [0.2, 0.25) is 0 Å². The van der Waals surface area contributed by atoms with Crippen LogP contribution in [0.3, 0.4) is 0 Å². The Morgan fingerprint density at radius 2 is 2.00 bits per heavy atom. The number of hydrogen-bond donors (Lipinski definition) is 0. The molecule has 0 aromatic heterocycles. The molecule has 22 heavy (non-hydrogen) atoms. The van der Waals surface area contributed by atoms with Crippen LogP contribution >= 0.6 is 0 Å². The highest BCUT2D eigenvalue weighted by molar-refractivity contribution is 5.74. The van der Waals surface area contributed by atoms with Gasteiger partial charge in [-0.2, -0.15) is 0 Å². The second kappa shape index (κ2) is 6.92. The highest BCUT2D eigenvalue weighted by Crippen LogP contribution is 2.23. The van der Waals surface area contributed by atoms with Gasteiger partial charge in [-0.1, -0.05) is 30.3 Å². The first-order valence-corrected chi connectivity index (χ1v) is 7.49. The molecule has 120 valence electrons. The molecule has 1 heterocycles. The molecule has 0 unspecified atom stereocenters. The lowest BCUT2D eigenvalue weighted by atomic mass is 10.2. The van der Waals surface area contributed by atoms with Crippen LogP contribution in [0.4, 0.5) is 4.79 Å². The minimum atomic E-state index is -0.576. The Morgan fingerprint density at radius 3 is 2.59 bits per heavy atom. The Morgan fingerprint density at radius 1 is 1.32 bits per heavy atom. The van der Waals surface area contributed by atoms with Gasteiger partial charge in [0.2, 0.25) is 0 Å². The van der Waals surface area contributed by atoms with Crippen LogP contribution in [-0.2, 0) is 20.9 Å². The van der Waals surface area contributed by atoms with Gasteiger partial charge in [0, 0.05) is 6.42 Å². The highest BCUT2D eigenvalue weighted by Gasteiger charge is 2.37. The fourth-order valence-electron chi connectivity index (χ4n) is 2.39. The smallest absolute Gasteiger partial charge is 0.410 e. The topological polar surface area (TPSA) is 55.8 Å². The minimum Gasteiger partial charge on any atom is -0.444 e. The van der Waals surface area contributed by atoms with E-state index in [2.05, 4.69) is 0 Å². The first-order chi connectivity index (χ1) is 10.4. The Balaban J connectivity index is 1.91. The Kier molecular flexibility index (Phi) is 5.19. The molecule has 2 atom stereocenters. The molecule has 0 spiro atoms. The summed E-state index contributed by atoms with van der Waals surface area (Å²) in [6.07, 6.45) is 0.684. The third-order valence-corrected chi connectivity index (χ3v) is 3.42. The summed E-state index contributed by atoms with van der Waals surface area (Å²) in [5, 5.41) is 0.